The van der Waals surface area contributed by atoms with Crippen LogP contribution in [0.25, 0.3) is 0 Å². The third-order valence-corrected chi connectivity index (χ3v) is 6.59. The van der Waals surface area contributed by atoms with Crippen molar-refractivity contribution in [2.75, 3.05) is 39.3 Å². The van der Waals surface area contributed by atoms with E-state index in [9.17, 15) is 4.79 Å². The van der Waals surface area contributed by atoms with Crippen molar-refractivity contribution in [2.24, 2.45) is 0 Å². The minimum atomic E-state index is 0.00663. The number of piperidine rings is 1. The van der Waals surface area contributed by atoms with Gasteiger partial charge in [0, 0.05) is 43.0 Å². The molecule has 1 fully saturated rings. The number of anilines is 1. The van der Waals surface area contributed by atoms with Crippen LogP contribution in [-0.4, -0.2) is 51.3 Å². The second kappa shape index (κ2) is 11.3. The van der Waals surface area contributed by atoms with Crippen LogP contribution in [0.1, 0.15) is 34.3 Å². The van der Waals surface area contributed by atoms with E-state index in [4.69, 9.17) is 14.2 Å². The fraction of sp³-hybridized carbons (Fsp3) is 0.345. The molecule has 0 unspecified atom stereocenters. The Morgan fingerprint density at radius 1 is 0.886 bits per heavy atom. The zero-order valence-corrected chi connectivity index (χ0v) is 21.0. The number of likely N-dealkylation sites (tertiary alicyclic amines) is 1. The lowest BCUT2D eigenvalue weighted by Crippen LogP contribution is -2.47. The van der Waals surface area contributed by atoms with Crippen molar-refractivity contribution in [1.82, 2.24) is 4.90 Å². The van der Waals surface area contributed by atoms with E-state index < -0.39 is 0 Å². The molecule has 4 rings (SSSR count). The Balaban J connectivity index is 1.56. The van der Waals surface area contributed by atoms with Gasteiger partial charge in [-0.15, -0.1) is 0 Å². The summed E-state index contributed by atoms with van der Waals surface area (Å²) < 4.78 is 16.3. The van der Waals surface area contributed by atoms with E-state index in [2.05, 4.69) is 17.0 Å². The number of nitrogens with zero attached hydrogens (tertiary/aromatic N) is 2. The van der Waals surface area contributed by atoms with Crippen LogP contribution in [0, 0.1) is 6.92 Å². The molecule has 0 atom stereocenters. The number of amides is 1. The SMILES string of the molecule is COc1cccc(CN2CCC(N(C(=O)c3cccc(C)c3)c3ccc(OC)c(OC)c3)CC2)c1. The summed E-state index contributed by atoms with van der Waals surface area (Å²) in [4.78, 5) is 18.2. The van der Waals surface area contributed by atoms with Crippen molar-refractivity contribution < 1.29 is 19.0 Å². The van der Waals surface area contributed by atoms with Crippen molar-refractivity contribution in [3.63, 3.8) is 0 Å². The van der Waals surface area contributed by atoms with Crippen LogP contribution in [-0.2, 0) is 6.54 Å². The smallest absolute Gasteiger partial charge is 0.258 e. The van der Waals surface area contributed by atoms with Gasteiger partial charge in [0.2, 0.25) is 0 Å². The van der Waals surface area contributed by atoms with Crippen LogP contribution < -0.4 is 19.1 Å². The van der Waals surface area contributed by atoms with Gasteiger partial charge in [0.15, 0.2) is 11.5 Å². The van der Waals surface area contributed by atoms with Crippen molar-refractivity contribution >= 4 is 11.6 Å². The molecule has 1 heterocycles. The summed E-state index contributed by atoms with van der Waals surface area (Å²) in [6.45, 7) is 4.69. The predicted octanol–water partition coefficient (Wildman–Crippen LogP) is 5.33. The monoisotopic (exact) mass is 474 g/mol. The summed E-state index contributed by atoms with van der Waals surface area (Å²) in [5, 5.41) is 0. The summed E-state index contributed by atoms with van der Waals surface area (Å²) in [6, 6.07) is 21.8. The van der Waals surface area contributed by atoms with Crippen molar-refractivity contribution in [2.45, 2.75) is 32.4 Å². The second-order valence-corrected chi connectivity index (χ2v) is 8.94. The zero-order chi connectivity index (χ0) is 24.8. The Labute approximate surface area is 208 Å². The Kier molecular flexibility index (Phi) is 7.93. The quantitative estimate of drug-likeness (QED) is 0.442. The van der Waals surface area contributed by atoms with Crippen LogP contribution in [0.5, 0.6) is 17.2 Å². The number of rotatable bonds is 8. The maximum Gasteiger partial charge on any atom is 0.258 e. The van der Waals surface area contributed by atoms with Gasteiger partial charge >= 0.3 is 0 Å². The molecular formula is C29H34N2O4. The first-order valence-electron chi connectivity index (χ1n) is 12.0. The van der Waals surface area contributed by atoms with E-state index >= 15 is 0 Å². The van der Waals surface area contributed by atoms with E-state index in [-0.39, 0.29) is 11.9 Å². The van der Waals surface area contributed by atoms with Gasteiger partial charge in [0.25, 0.3) is 5.91 Å². The molecule has 6 nitrogen and oxygen atoms in total. The molecule has 0 saturated carbocycles. The number of aryl methyl sites for hydroxylation is 1. The molecular weight excluding hydrogens is 440 g/mol. The molecule has 0 radical (unpaired) electrons. The van der Waals surface area contributed by atoms with Crippen LogP contribution in [0.2, 0.25) is 0 Å². The normalized spacial score (nSPS) is 14.4. The fourth-order valence-corrected chi connectivity index (χ4v) is 4.75. The molecule has 1 aliphatic heterocycles. The molecule has 6 heteroatoms. The fourth-order valence-electron chi connectivity index (χ4n) is 4.75. The summed E-state index contributed by atoms with van der Waals surface area (Å²) in [5.74, 6) is 2.14. The predicted molar refractivity (Wildman–Crippen MR) is 139 cm³/mol. The molecule has 0 N–H and O–H groups in total. The Morgan fingerprint density at radius 2 is 1.63 bits per heavy atom. The lowest BCUT2D eigenvalue weighted by molar-refractivity contribution is 0.0958. The third-order valence-electron chi connectivity index (χ3n) is 6.59. The number of methoxy groups -OCH3 is 3. The minimum Gasteiger partial charge on any atom is -0.497 e. The topological polar surface area (TPSA) is 51.2 Å². The van der Waals surface area contributed by atoms with Gasteiger partial charge in [-0.05, 0) is 61.7 Å². The average molecular weight is 475 g/mol. The first kappa shape index (κ1) is 24.6. The van der Waals surface area contributed by atoms with Gasteiger partial charge in [-0.3, -0.25) is 9.69 Å². The van der Waals surface area contributed by atoms with Crippen LogP contribution in [0.4, 0.5) is 5.69 Å². The van der Waals surface area contributed by atoms with Gasteiger partial charge in [-0.25, -0.2) is 0 Å². The zero-order valence-electron chi connectivity index (χ0n) is 21.0. The van der Waals surface area contributed by atoms with Crippen molar-refractivity contribution in [1.29, 1.82) is 0 Å². The molecule has 0 spiro atoms. The summed E-state index contributed by atoms with van der Waals surface area (Å²) in [5.41, 5.74) is 3.81. The van der Waals surface area contributed by atoms with Crippen LogP contribution in [0.3, 0.4) is 0 Å². The lowest BCUT2D eigenvalue weighted by Gasteiger charge is -2.39. The molecule has 3 aromatic rings. The molecule has 1 amide bonds. The summed E-state index contributed by atoms with van der Waals surface area (Å²) in [7, 11) is 4.93. The second-order valence-electron chi connectivity index (χ2n) is 8.94. The van der Waals surface area contributed by atoms with E-state index in [1.54, 1.807) is 21.3 Å². The molecule has 184 valence electrons. The lowest BCUT2D eigenvalue weighted by atomic mass is 9.99. The maximum atomic E-state index is 13.8. The maximum absolute atomic E-state index is 13.8. The average Bonchev–Trinajstić information content (AvgIpc) is 2.89. The van der Waals surface area contributed by atoms with Crippen LogP contribution >= 0.6 is 0 Å². The molecule has 3 aromatic carbocycles. The van der Waals surface area contributed by atoms with E-state index in [0.29, 0.717) is 17.1 Å². The van der Waals surface area contributed by atoms with Gasteiger partial charge in [0.05, 0.1) is 21.3 Å². The molecule has 0 aliphatic carbocycles. The summed E-state index contributed by atoms with van der Waals surface area (Å²) >= 11 is 0. The van der Waals surface area contributed by atoms with E-state index in [1.165, 1.54) is 5.56 Å². The van der Waals surface area contributed by atoms with Gasteiger partial charge in [0.1, 0.15) is 5.75 Å². The number of benzene rings is 3. The Hall–Kier alpha value is -3.51. The van der Waals surface area contributed by atoms with Gasteiger partial charge in [-0.1, -0.05) is 29.8 Å². The van der Waals surface area contributed by atoms with E-state index in [1.807, 2.05) is 66.4 Å². The standard InChI is InChI=1S/C29H34N2O4/c1-21-7-5-9-23(17-21)29(32)31(25-11-12-27(34-3)28(19-25)35-4)24-13-15-30(16-14-24)20-22-8-6-10-26(18-22)33-2/h5-12,17-19,24H,13-16,20H2,1-4H3. The number of carbonyl (C=O) groups is 1. The molecule has 1 aliphatic rings. The number of hydrogen-bond acceptors (Lipinski definition) is 5. The first-order valence-corrected chi connectivity index (χ1v) is 12.0. The van der Waals surface area contributed by atoms with Gasteiger partial charge in [-0.2, -0.15) is 0 Å². The highest BCUT2D eigenvalue weighted by Crippen LogP contribution is 2.34. The Morgan fingerprint density at radius 3 is 2.31 bits per heavy atom. The molecule has 35 heavy (non-hydrogen) atoms. The first-order chi connectivity index (χ1) is 17.0. The Bertz CT molecular complexity index is 1150. The van der Waals surface area contributed by atoms with Crippen LogP contribution in [0.15, 0.2) is 66.7 Å². The minimum absolute atomic E-state index is 0.00663. The highest BCUT2D eigenvalue weighted by atomic mass is 16.5. The number of ether oxygens (including phenoxy) is 3. The van der Waals surface area contributed by atoms with Crippen molar-refractivity contribution in [3.05, 3.63) is 83.4 Å². The van der Waals surface area contributed by atoms with Gasteiger partial charge < -0.3 is 19.1 Å². The summed E-state index contributed by atoms with van der Waals surface area (Å²) in [6.07, 6.45) is 1.77. The molecule has 0 aromatic heterocycles. The highest BCUT2D eigenvalue weighted by Gasteiger charge is 2.30. The van der Waals surface area contributed by atoms with Crippen molar-refractivity contribution in [3.8, 4) is 17.2 Å². The van der Waals surface area contributed by atoms with E-state index in [0.717, 1.165) is 49.5 Å². The highest BCUT2D eigenvalue weighted by molar-refractivity contribution is 6.06. The molecule has 0 bridgehead atoms. The number of carbonyl (C=O) groups excluding carboxylic acids is 1. The molecule has 1 saturated heterocycles. The number of hydrogen-bond donors (Lipinski definition) is 0. The largest absolute Gasteiger partial charge is 0.497 e. The third kappa shape index (κ3) is 5.77.